The van der Waals surface area contributed by atoms with Crippen molar-refractivity contribution in [3.63, 3.8) is 0 Å². The maximum absolute atomic E-state index is 13.3. The second kappa shape index (κ2) is 9.13. The van der Waals surface area contributed by atoms with Crippen LogP contribution in [0.25, 0.3) is 0 Å². The van der Waals surface area contributed by atoms with E-state index < -0.39 is 40.7 Å². The Balaban J connectivity index is 1.99. The van der Waals surface area contributed by atoms with Crippen LogP contribution in [0.2, 0.25) is 5.02 Å². The summed E-state index contributed by atoms with van der Waals surface area (Å²) >= 11 is 5.73. The van der Waals surface area contributed by atoms with Crippen molar-refractivity contribution >= 4 is 33.4 Å². The van der Waals surface area contributed by atoms with Gasteiger partial charge in [-0.1, -0.05) is 11.6 Å². The van der Waals surface area contributed by atoms with Crippen LogP contribution in [0.5, 0.6) is 5.75 Å². The third-order valence-corrected chi connectivity index (χ3v) is 5.77. The van der Waals surface area contributed by atoms with Gasteiger partial charge < -0.3 is 9.47 Å². The molecule has 0 N–H and O–H groups in total. The molecule has 0 aliphatic heterocycles. The number of nitrogens with zero attached hydrogens (tertiary/aromatic N) is 1. The molecule has 2 aromatic carbocycles. The van der Waals surface area contributed by atoms with E-state index in [4.69, 9.17) is 21.1 Å². The SMILES string of the molecule is COc1ccc(F)cc1C(=O)COC(=O)CN(C)S(=O)(=O)c1ccc(Cl)cc1. The summed E-state index contributed by atoms with van der Waals surface area (Å²) in [7, 11) is -1.43. The molecule has 7 nitrogen and oxygen atoms in total. The maximum Gasteiger partial charge on any atom is 0.321 e. The Hall–Kier alpha value is -2.49. The molecule has 2 aromatic rings. The van der Waals surface area contributed by atoms with Gasteiger partial charge >= 0.3 is 5.97 Å². The first-order chi connectivity index (χ1) is 13.1. The fourth-order valence-corrected chi connectivity index (χ4v) is 3.46. The average molecular weight is 430 g/mol. The summed E-state index contributed by atoms with van der Waals surface area (Å²) in [4.78, 5) is 24.0. The van der Waals surface area contributed by atoms with Gasteiger partial charge in [-0.3, -0.25) is 9.59 Å². The van der Waals surface area contributed by atoms with Crippen LogP contribution in [0.15, 0.2) is 47.4 Å². The molecule has 0 bridgehead atoms. The zero-order chi connectivity index (χ0) is 20.9. The molecule has 2 rings (SSSR count). The van der Waals surface area contributed by atoms with Crippen LogP contribution in [0.4, 0.5) is 4.39 Å². The molecule has 0 radical (unpaired) electrons. The van der Waals surface area contributed by atoms with E-state index in [1.807, 2.05) is 0 Å². The molecule has 0 saturated carbocycles. The van der Waals surface area contributed by atoms with E-state index in [0.717, 1.165) is 16.4 Å². The summed E-state index contributed by atoms with van der Waals surface area (Å²) in [5, 5.41) is 0.368. The summed E-state index contributed by atoms with van der Waals surface area (Å²) in [6, 6.07) is 8.79. The summed E-state index contributed by atoms with van der Waals surface area (Å²) in [5.41, 5.74) is -0.0857. The van der Waals surface area contributed by atoms with Crippen molar-refractivity contribution in [1.82, 2.24) is 4.31 Å². The number of hydrogen-bond acceptors (Lipinski definition) is 6. The maximum atomic E-state index is 13.3. The van der Waals surface area contributed by atoms with Gasteiger partial charge in [0.05, 0.1) is 17.6 Å². The van der Waals surface area contributed by atoms with Crippen molar-refractivity contribution in [3.8, 4) is 5.75 Å². The first kappa shape index (κ1) is 21.8. The number of carbonyl (C=O) groups excluding carboxylic acids is 2. The number of hydrogen-bond donors (Lipinski definition) is 0. The normalized spacial score (nSPS) is 11.3. The summed E-state index contributed by atoms with van der Waals surface area (Å²) in [5.74, 6) is -2.15. The Labute approximate surface area is 166 Å². The second-order valence-corrected chi connectivity index (χ2v) is 8.12. The number of halogens is 2. The lowest BCUT2D eigenvalue weighted by Gasteiger charge is -2.16. The number of Topliss-reactive ketones (excluding diaryl/α,β-unsaturated/α-hetero) is 1. The van der Waals surface area contributed by atoms with Crippen molar-refractivity contribution in [2.24, 2.45) is 0 Å². The van der Waals surface area contributed by atoms with Crippen LogP contribution in [0.1, 0.15) is 10.4 Å². The molecule has 0 unspecified atom stereocenters. The van der Waals surface area contributed by atoms with E-state index in [0.29, 0.717) is 5.02 Å². The molecular weight excluding hydrogens is 413 g/mol. The van der Waals surface area contributed by atoms with E-state index >= 15 is 0 Å². The highest BCUT2D eigenvalue weighted by Gasteiger charge is 2.24. The number of sulfonamides is 1. The predicted molar refractivity (Wildman–Crippen MR) is 99.5 cm³/mol. The number of methoxy groups -OCH3 is 1. The molecule has 10 heteroatoms. The zero-order valence-corrected chi connectivity index (χ0v) is 16.6. The highest BCUT2D eigenvalue weighted by atomic mass is 35.5. The topological polar surface area (TPSA) is 90.0 Å². The summed E-state index contributed by atoms with van der Waals surface area (Å²) in [6.45, 7) is -1.30. The van der Waals surface area contributed by atoms with Gasteiger partial charge in [0.15, 0.2) is 6.61 Å². The van der Waals surface area contributed by atoms with E-state index in [1.54, 1.807) is 0 Å². The fourth-order valence-electron chi connectivity index (χ4n) is 2.22. The van der Waals surface area contributed by atoms with Gasteiger partial charge in [0, 0.05) is 12.1 Å². The first-order valence-electron chi connectivity index (χ1n) is 7.89. The number of ether oxygens (including phenoxy) is 2. The standard InChI is InChI=1S/C18H17ClFNO6S/c1-21(28(24,25)14-6-3-12(19)4-7-14)10-18(23)27-11-16(22)15-9-13(20)5-8-17(15)26-2/h3-9H,10-11H2,1-2H3. The Morgan fingerprint density at radius 3 is 2.39 bits per heavy atom. The molecular formula is C18H17ClFNO6S. The molecule has 0 spiro atoms. The average Bonchev–Trinajstić information content (AvgIpc) is 2.66. The van der Waals surface area contributed by atoms with Gasteiger partial charge in [-0.25, -0.2) is 12.8 Å². The fraction of sp³-hybridized carbons (Fsp3) is 0.222. The number of rotatable bonds is 8. The molecule has 0 fully saturated rings. The van der Waals surface area contributed by atoms with Gasteiger partial charge in [0.25, 0.3) is 0 Å². The van der Waals surface area contributed by atoms with E-state index in [9.17, 15) is 22.4 Å². The van der Waals surface area contributed by atoms with Crippen LogP contribution < -0.4 is 4.74 Å². The van der Waals surface area contributed by atoms with Crippen LogP contribution in [-0.2, 0) is 19.6 Å². The third-order valence-electron chi connectivity index (χ3n) is 3.70. The monoisotopic (exact) mass is 429 g/mol. The predicted octanol–water partition coefficient (Wildman–Crippen LogP) is 2.53. The molecule has 0 aliphatic carbocycles. The largest absolute Gasteiger partial charge is 0.496 e. The van der Waals surface area contributed by atoms with Gasteiger partial charge in [-0.05, 0) is 42.5 Å². The Kier molecular flexibility index (Phi) is 7.11. The Bertz CT molecular complexity index is 978. The van der Waals surface area contributed by atoms with E-state index in [-0.39, 0.29) is 16.2 Å². The minimum absolute atomic E-state index is 0.0484. The van der Waals surface area contributed by atoms with Gasteiger partial charge in [0.1, 0.15) is 18.1 Å². The minimum Gasteiger partial charge on any atom is -0.496 e. The van der Waals surface area contributed by atoms with Crippen LogP contribution in [-0.4, -0.2) is 51.8 Å². The molecule has 28 heavy (non-hydrogen) atoms. The van der Waals surface area contributed by atoms with Gasteiger partial charge in [-0.15, -0.1) is 0 Å². The Morgan fingerprint density at radius 2 is 1.79 bits per heavy atom. The van der Waals surface area contributed by atoms with Crippen molar-refractivity contribution in [1.29, 1.82) is 0 Å². The van der Waals surface area contributed by atoms with Gasteiger partial charge in [0.2, 0.25) is 15.8 Å². The molecule has 0 aromatic heterocycles. The van der Waals surface area contributed by atoms with Crippen molar-refractivity contribution in [3.05, 3.63) is 58.9 Å². The number of carbonyl (C=O) groups is 2. The lowest BCUT2D eigenvalue weighted by Crippen LogP contribution is -2.33. The van der Waals surface area contributed by atoms with Crippen LogP contribution in [0.3, 0.4) is 0 Å². The highest BCUT2D eigenvalue weighted by molar-refractivity contribution is 7.89. The van der Waals surface area contributed by atoms with E-state index in [1.165, 1.54) is 44.5 Å². The molecule has 0 amide bonds. The lowest BCUT2D eigenvalue weighted by atomic mass is 10.1. The molecule has 0 atom stereocenters. The highest BCUT2D eigenvalue weighted by Crippen LogP contribution is 2.20. The van der Waals surface area contributed by atoms with Gasteiger partial charge in [-0.2, -0.15) is 4.31 Å². The lowest BCUT2D eigenvalue weighted by molar-refractivity contribution is -0.142. The van der Waals surface area contributed by atoms with Crippen molar-refractivity contribution in [2.75, 3.05) is 27.3 Å². The molecule has 0 aliphatic rings. The van der Waals surface area contributed by atoms with Crippen LogP contribution >= 0.6 is 11.6 Å². The van der Waals surface area contributed by atoms with Crippen LogP contribution in [0, 0.1) is 5.82 Å². The minimum atomic E-state index is -3.94. The zero-order valence-electron chi connectivity index (χ0n) is 15.0. The quantitative estimate of drug-likeness (QED) is 0.473. The summed E-state index contributed by atoms with van der Waals surface area (Å²) in [6.07, 6.45) is 0. The number of likely N-dealkylation sites (N-methyl/N-ethyl adjacent to an activating group) is 1. The van der Waals surface area contributed by atoms with Crippen molar-refractivity contribution in [2.45, 2.75) is 4.90 Å². The number of esters is 1. The molecule has 150 valence electrons. The number of benzene rings is 2. The molecule has 0 saturated heterocycles. The molecule has 0 heterocycles. The second-order valence-electron chi connectivity index (χ2n) is 5.64. The Morgan fingerprint density at radius 1 is 1.14 bits per heavy atom. The van der Waals surface area contributed by atoms with E-state index in [2.05, 4.69) is 0 Å². The summed E-state index contributed by atoms with van der Waals surface area (Å²) < 4.78 is 48.7. The third kappa shape index (κ3) is 5.28. The number of ketones is 1. The smallest absolute Gasteiger partial charge is 0.321 e. The first-order valence-corrected chi connectivity index (χ1v) is 9.71. The van der Waals surface area contributed by atoms with Crippen molar-refractivity contribution < 1.29 is 31.9 Å².